The highest BCUT2D eigenvalue weighted by molar-refractivity contribution is 14.1. The van der Waals surface area contributed by atoms with Gasteiger partial charge in [0.1, 0.15) is 0 Å². The molecule has 2 rings (SSSR count). The van der Waals surface area contributed by atoms with Crippen molar-refractivity contribution in [1.82, 2.24) is 0 Å². The predicted octanol–water partition coefficient (Wildman–Crippen LogP) is 3.14. The maximum atomic E-state index is 5.21. The van der Waals surface area contributed by atoms with E-state index in [9.17, 15) is 0 Å². The van der Waals surface area contributed by atoms with Crippen LogP contribution in [0.25, 0.3) is 11.5 Å². The first-order valence-corrected chi connectivity index (χ1v) is 4.22. The third kappa shape index (κ3) is 1.20. The molecule has 0 saturated carbocycles. The van der Waals surface area contributed by atoms with Gasteiger partial charge in [-0.2, -0.15) is 0 Å². The van der Waals surface area contributed by atoms with E-state index < -0.39 is 0 Å². The SMILES string of the molecule is Ic1ccoc1-c1ccco1. The Hall–Kier alpha value is -0.710. The Balaban J connectivity index is 2.53. The Morgan fingerprint density at radius 3 is 2.55 bits per heavy atom. The summed E-state index contributed by atoms with van der Waals surface area (Å²) in [4.78, 5) is 0. The van der Waals surface area contributed by atoms with Crippen LogP contribution >= 0.6 is 22.6 Å². The van der Waals surface area contributed by atoms with E-state index >= 15 is 0 Å². The van der Waals surface area contributed by atoms with E-state index in [1.165, 1.54) is 0 Å². The topological polar surface area (TPSA) is 26.3 Å². The van der Waals surface area contributed by atoms with Crippen molar-refractivity contribution >= 4 is 22.6 Å². The molecule has 3 heteroatoms. The van der Waals surface area contributed by atoms with Gasteiger partial charge in [0.2, 0.25) is 0 Å². The highest BCUT2D eigenvalue weighted by atomic mass is 127. The molecule has 2 heterocycles. The first-order chi connectivity index (χ1) is 5.38. The number of hydrogen-bond acceptors (Lipinski definition) is 2. The molecule has 2 nitrogen and oxygen atoms in total. The Labute approximate surface area is 77.3 Å². The Morgan fingerprint density at radius 2 is 2.00 bits per heavy atom. The van der Waals surface area contributed by atoms with Crippen molar-refractivity contribution in [2.45, 2.75) is 0 Å². The number of rotatable bonds is 1. The lowest BCUT2D eigenvalue weighted by molar-refractivity contribution is 0.523. The quantitative estimate of drug-likeness (QED) is 0.736. The minimum Gasteiger partial charge on any atom is -0.461 e. The standard InChI is InChI=1S/C8H5IO2/c9-6-3-5-11-8(6)7-2-1-4-10-7/h1-5H. The van der Waals surface area contributed by atoms with E-state index in [0.717, 1.165) is 15.1 Å². The maximum absolute atomic E-state index is 5.21. The molecule has 0 unspecified atom stereocenters. The van der Waals surface area contributed by atoms with Gasteiger partial charge in [-0.15, -0.1) is 0 Å². The molecule has 0 fully saturated rings. The zero-order valence-electron chi connectivity index (χ0n) is 5.58. The van der Waals surface area contributed by atoms with Crippen molar-refractivity contribution < 1.29 is 8.83 Å². The van der Waals surface area contributed by atoms with Crippen LogP contribution in [-0.2, 0) is 0 Å². The fraction of sp³-hybridized carbons (Fsp3) is 0. The van der Waals surface area contributed by atoms with Crippen LogP contribution < -0.4 is 0 Å². The third-order valence-electron chi connectivity index (χ3n) is 1.36. The van der Waals surface area contributed by atoms with E-state index in [1.54, 1.807) is 12.5 Å². The first kappa shape index (κ1) is 6.97. The molecule has 2 aromatic rings. The van der Waals surface area contributed by atoms with Crippen LogP contribution in [0.5, 0.6) is 0 Å². The summed E-state index contributed by atoms with van der Waals surface area (Å²) in [6.07, 6.45) is 3.29. The van der Waals surface area contributed by atoms with Gasteiger partial charge in [-0.05, 0) is 40.8 Å². The van der Waals surface area contributed by atoms with Gasteiger partial charge in [0.05, 0.1) is 16.1 Å². The van der Waals surface area contributed by atoms with Crippen LogP contribution in [0.3, 0.4) is 0 Å². The summed E-state index contributed by atoms with van der Waals surface area (Å²) >= 11 is 2.20. The molecule has 0 aliphatic heterocycles. The second-order valence-electron chi connectivity index (χ2n) is 2.07. The minimum absolute atomic E-state index is 0.777. The van der Waals surface area contributed by atoms with Gasteiger partial charge in [-0.3, -0.25) is 0 Å². The van der Waals surface area contributed by atoms with Crippen molar-refractivity contribution in [2.75, 3.05) is 0 Å². The zero-order chi connectivity index (χ0) is 7.68. The van der Waals surface area contributed by atoms with E-state index in [2.05, 4.69) is 22.6 Å². The van der Waals surface area contributed by atoms with E-state index in [0.29, 0.717) is 0 Å². The van der Waals surface area contributed by atoms with Gasteiger partial charge in [-0.1, -0.05) is 0 Å². The van der Waals surface area contributed by atoms with E-state index in [-0.39, 0.29) is 0 Å². The normalized spacial score (nSPS) is 10.3. The molecule has 11 heavy (non-hydrogen) atoms. The molecule has 0 aromatic carbocycles. The highest BCUT2D eigenvalue weighted by Gasteiger charge is 2.07. The molecule has 0 aliphatic rings. The van der Waals surface area contributed by atoms with Gasteiger partial charge >= 0.3 is 0 Å². The monoisotopic (exact) mass is 260 g/mol. The molecule has 0 saturated heterocycles. The van der Waals surface area contributed by atoms with Gasteiger partial charge < -0.3 is 8.83 Å². The second kappa shape index (κ2) is 2.73. The lowest BCUT2D eigenvalue weighted by Crippen LogP contribution is -1.69. The van der Waals surface area contributed by atoms with Gasteiger partial charge in [0.15, 0.2) is 11.5 Å². The predicted molar refractivity (Wildman–Crippen MR) is 49.1 cm³/mol. The van der Waals surface area contributed by atoms with E-state index in [4.69, 9.17) is 8.83 Å². The fourth-order valence-electron chi connectivity index (χ4n) is 0.877. The third-order valence-corrected chi connectivity index (χ3v) is 2.21. The molecule has 0 aliphatic carbocycles. The second-order valence-corrected chi connectivity index (χ2v) is 3.24. The number of hydrogen-bond donors (Lipinski definition) is 0. The molecule has 0 radical (unpaired) electrons. The van der Waals surface area contributed by atoms with Gasteiger partial charge in [0, 0.05) is 0 Å². The van der Waals surface area contributed by atoms with Crippen LogP contribution in [0.4, 0.5) is 0 Å². The fourth-order valence-corrected chi connectivity index (χ4v) is 1.42. The summed E-state index contributed by atoms with van der Waals surface area (Å²) in [5.74, 6) is 1.58. The van der Waals surface area contributed by atoms with Crippen LogP contribution in [-0.4, -0.2) is 0 Å². The molecule has 0 spiro atoms. The summed E-state index contributed by atoms with van der Waals surface area (Å²) in [6, 6.07) is 5.62. The van der Waals surface area contributed by atoms with Crippen molar-refractivity contribution in [1.29, 1.82) is 0 Å². The summed E-state index contributed by atoms with van der Waals surface area (Å²) in [5.41, 5.74) is 0. The van der Waals surface area contributed by atoms with Crippen LogP contribution in [0.1, 0.15) is 0 Å². The highest BCUT2D eigenvalue weighted by Crippen LogP contribution is 2.25. The lowest BCUT2D eigenvalue weighted by atomic mass is 10.3. The van der Waals surface area contributed by atoms with E-state index in [1.807, 2.05) is 18.2 Å². The molecule has 0 N–H and O–H groups in total. The van der Waals surface area contributed by atoms with Crippen LogP contribution in [0, 0.1) is 3.57 Å². The smallest absolute Gasteiger partial charge is 0.182 e. The minimum atomic E-state index is 0.777. The van der Waals surface area contributed by atoms with Gasteiger partial charge in [-0.25, -0.2) is 0 Å². The summed E-state index contributed by atoms with van der Waals surface area (Å²) in [5, 5.41) is 0. The van der Waals surface area contributed by atoms with Crippen LogP contribution in [0.2, 0.25) is 0 Å². The Morgan fingerprint density at radius 1 is 1.09 bits per heavy atom. The van der Waals surface area contributed by atoms with Crippen molar-refractivity contribution in [2.24, 2.45) is 0 Å². The zero-order valence-corrected chi connectivity index (χ0v) is 7.74. The largest absolute Gasteiger partial charge is 0.461 e. The Bertz CT molecular complexity index is 335. The Kier molecular flexibility index (Phi) is 1.73. The molecular weight excluding hydrogens is 255 g/mol. The summed E-state index contributed by atoms with van der Waals surface area (Å²) < 4.78 is 11.4. The molecule has 0 atom stereocenters. The summed E-state index contributed by atoms with van der Waals surface area (Å²) in [7, 11) is 0. The molecule has 0 bridgehead atoms. The van der Waals surface area contributed by atoms with Gasteiger partial charge in [0.25, 0.3) is 0 Å². The molecule has 0 amide bonds. The maximum Gasteiger partial charge on any atom is 0.182 e. The first-order valence-electron chi connectivity index (χ1n) is 3.15. The molecule has 56 valence electrons. The summed E-state index contributed by atoms with van der Waals surface area (Å²) in [6.45, 7) is 0. The van der Waals surface area contributed by atoms with Crippen molar-refractivity contribution in [3.05, 3.63) is 34.3 Å². The van der Waals surface area contributed by atoms with Crippen molar-refractivity contribution in [3.8, 4) is 11.5 Å². The molecule has 2 aromatic heterocycles. The van der Waals surface area contributed by atoms with Crippen molar-refractivity contribution in [3.63, 3.8) is 0 Å². The average Bonchev–Trinajstić information content (AvgIpc) is 2.55. The lowest BCUT2D eigenvalue weighted by Gasteiger charge is -1.88. The number of halogens is 1. The van der Waals surface area contributed by atoms with Crippen LogP contribution in [0.15, 0.2) is 39.6 Å². The number of furan rings is 2. The molecular formula is C8H5IO2. The average molecular weight is 260 g/mol.